The van der Waals surface area contributed by atoms with Gasteiger partial charge < -0.3 is 10.4 Å². The average Bonchev–Trinajstić information content (AvgIpc) is 3.10. The molecule has 0 unspecified atom stereocenters. The number of aromatic hydroxyl groups is 1. The summed E-state index contributed by atoms with van der Waals surface area (Å²) in [5, 5.41) is 13.3. The number of rotatable bonds is 4. The lowest BCUT2D eigenvalue weighted by Gasteiger charge is -2.13. The SMILES string of the molecule is Cc1cc(C(=O)NCC2(CBr)CC2)ccc1O. The number of carbonyl (C=O) groups is 1. The first-order chi connectivity index (χ1) is 8.06. The largest absolute Gasteiger partial charge is 0.508 e. The molecule has 1 fully saturated rings. The summed E-state index contributed by atoms with van der Waals surface area (Å²) in [4.78, 5) is 11.9. The summed E-state index contributed by atoms with van der Waals surface area (Å²) >= 11 is 3.48. The number of phenols is 1. The van der Waals surface area contributed by atoms with Crippen molar-refractivity contribution in [1.29, 1.82) is 0 Å². The van der Waals surface area contributed by atoms with Crippen molar-refractivity contribution in [2.75, 3.05) is 11.9 Å². The van der Waals surface area contributed by atoms with Crippen LogP contribution in [0.3, 0.4) is 0 Å². The van der Waals surface area contributed by atoms with Crippen molar-refractivity contribution in [2.45, 2.75) is 19.8 Å². The van der Waals surface area contributed by atoms with E-state index in [4.69, 9.17) is 0 Å². The summed E-state index contributed by atoms with van der Waals surface area (Å²) in [5.41, 5.74) is 1.60. The van der Waals surface area contributed by atoms with E-state index in [1.165, 1.54) is 12.8 Å². The molecule has 2 rings (SSSR count). The second-order valence-electron chi connectivity index (χ2n) is 4.82. The van der Waals surface area contributed by atoms with Gasteiger partial charge in [0.1, 0.15) is 5.75 Å². The first-order valence-electron chi connectivity index (χ1n) is 5.70. The molecule has 17 heavy (non-hydrogen) atoms. The van der Waals surface area contributed by atoms with Crippen molar-refractivity contribution < 1.29 is 9.90 Å². The number of nitrogens with one attached hydrogen (secondary N) is 1. The summed E-state index contributed by atoms with van der Waals surface area (Å²) in [6.45, 7) is 2.50. The van der Waals surface area contributed by atoms with Crippen molar-refractivity contribution in [3.8, 4) is 5.75 Å². The van der Waals surface area contributed by atoms with Gasteiger partial charge in [-0.2, -0.15) is 0 Å². The van der Waals surface area contributed by atoms with E-state index >= 15 is 0 Å². The predicted octanol–water partition coefficient (Wildman–Crippen LogP) is 2.61. The van der Waals surface area contributed by atoms with Crippen LogP contribution in [0.2, 0.25) is 0 Å². The number of carbonyl (C=O) groups excluding carboxylic acids is 1. The monoisotopic (exact) mass is 297 g/mol. The summed E-state index contributed by atoms with van der Waals surface area (Å²) in [6, 6.07) is 4.91. The van der Waals surface area contributed by atoms with Gasteiger partial charge in [0.15, 0.2) is 0 Å². The smallest absolute Gasteiger partial charge is 0.251 e. The minimum atomic E-state index is -0.0691. The third-order valence-electron chi connectivity index (χ3n) is 3.32. The molecule has 0 heterocycles. The van der Waals surface area contributed by atoms with Crippen molar-refractivity contribution in [3.05, 3.63) is 29.3 Å². The molecule has 0 spiro atoms. The van der Waals surface area contributed by atoms with E-state index in [2.05, 4.69) is 21.2 Å². The van der Waals surface area contributed by atoms with Gasteiger partial charge in [0.25, 0.3) is 5.91 Å². The number of amides is 1. The van der Waals surface area contributed by atoms with Crippen LogP contribution >= 0.6 is 15.9 Å². The fourth-order valence-electron chi connectivity index (χ4n) is 1.70. The Kier molecular flexibility index (Phi) is 3.43. The number of aryl methyl sites for hydroxylation is 1. The predicted molar refractivity (Wildman–Crippen MR) is 70.6 cm³/mol. The van der Waals surface area contributed by atoms with Crippen LogP contribution in [0.1, 0.15) is 28.8 Å². The maximum atomic E-state index is 11.9. The highest BCUT2D eigenvalue weighted by atomic mass is 79.9. The van der Waals surface area contributed by atoms with E-state index in [1.54, 1.807) is 25.1 Å². The van der Waals surface area contributed by atoms with Crippen molar-refractivity contribution in [1.82, 2.24) is 5.32 Å². The third-order valence-corrected chi connectivity index (χ3v) is 4.51. The van der Waals surface area contributed by atoms with Crippen molar-refractivity contribution >= 4 is 21.8 Å². The van der Waals surface area contributed by atoms with Crippen LogP contribution < -0.4 is 5.32 Å². The van der Waals surface area contributed by atoms with Crippen LogP contribution in [0.15, 0.2) is 18.2 Å². The number of halogens is 1. The van der Waals surface area contributed by atoms with Crippen LogP contribution in [-0.4, -0.2) is 22.9 Å². The first-order valence-corrected chi connectivity index (χ1v) is 6.82. The Morgan fingerprint density at radius 2 is 2.24 bits per heavy atom. The Balaban J connectivity index is 1.97. The third kappa shape index (κ3) is 2.80. The van der Waals surface area contributed by atoms with Crippen LogP contribution in [0.5, 0.6) is 5.75 Å². The average molecular weight is 298 g/mol. The molecule has 92 valence electrons. The van der Waals surface area contributed by atoms with E-state index in [1.807, 2.05) is 0 Å². The van der Waals surface area contributed by atoms with Gasteiger partial charge >= 0.3 is 0 Å². The molecule has 3 nitrogen and oxygen atoms in total. The Morgan fingerprint density at radius 1 is 1.53 bits per heavy atom. The van der Waals surface area contributed by atoms with Gasteiger partial charge in [-0.05, 0) is 48.9 Å². The van der Waals surface area contributed by atoms with E-state index in [0.29, 0.717) is 5.56 Å². The number of phenolic OH excluding ortho intramolecular Hbond substituents is 1. The lowest BCUT2D eigenvalue weighted by molar-refractivity contribution is 0.0946. The fourth-order valence-corrected chi connectivity index (χ4v) is 2.46. The molecule has 0 aromatic heterocycles. The van der Waals surface area contributed by atoms with Crippen LogP contribution in [-0.2, 0) is 0 Å². The number of hydrogen-bond acceptors (Lipinski definition) is 2. The van der Waals surface area contributed by atoms with Gasteiger partial charge in [0, 0.05) is 17.4 Å². The van der Waals surface area contributed by atoms with E-state index < -0.39 is 0 Å². The zero-order chi connectivity index (χ0) is 12.5. The van der Waals surface area contributed by atoms with Gasteiger partial charge in [-0.25, -0.2) is 0 Å². The van der Waals surface area contributed by atoms with Crippen LogP contribution in [0, 0.1) is 12.3 Å². The molecule has 0 saturated heterocycles. The first kappa shape index (κ1) is 12.4. The van der Waals surface area contributed by atoms with E-state index in [-0.39, 0.29) is 17.1 Å². The molecular formula is C13H16BrNO2. The summed E-state index contributed by atoms with van der Waals surface area (Å²) in [5.74, 6) is 0.154. The molecule has 1 saturated carbocycles. The molecule has 1 aromatic carbocycles. The maximum absolute atomic E-state index is 11.9. The Labute approximate surface area is 109 Å². The lowest BCUT2D eigenvalue weighted by atomic mass is 10.1. The minimum absolute atomic E-state index is 0.0691. The number of benzene rings is 1. The Morgan fingerprint density at radius 3 is 2.76 bits per heavy atom. The topological polar surface area (TPSA) is 49.3 Å². The lowest BCUT2D eigenvalue weighted by Crippen LogP contribution is -2.30. The molecule has 0 radical (unpaired) electrons. The van der Waals surface area contributed by atoms with Crippen molar-refractivity contribution in [3.63, 3.8) is 0 Å². The standard InChI is InChI=1S/C13H16BrNO2/c1-9-6-10(2-3-11(9)16)12(17)15-8-13(7-14)4-5-13/h2-3,6,16H,4-5,7-8H2,1H3,(H,15,17). The van der Waals surface area contributed by atoms with Gasteiger partial charge in [0.05, 0.1) is 0 Å². The van der Waals surface area contributed by atoms with E-state index in [9.17, 15) is 9.90 Å². The molecule has 1 aromatic rings. The van der Waals surface area contributed by atoms with Gasteiger partial charge in [-0.1, -0.05) is 15.9 Å². The molecule has 1 amide bonds. The molecule has 4 heteroatoms. The molecule has 0 aliphatic heterocycles. The van der Waals surface area contributed by atoms with Gasteiger partial charge in [-0.15, -0.1) is 0 Å². The Bertz CT molecular complexity index is 441. The Hall–Kier alpha value is -1.03. The molecular weight excluding hydrogens is 282 g/mol. The zero-order valence-corrected chi connectivity index (χ0v) is 11.4. The minimum Gasteiger partial charge on any atom is -0.508 e. The van der Waals surface area contributed by atoms with Crippen LogP contribution in [0.4, 0.5) is 0 Å². The molecule has 1 aliphatic rings. The highest BCUT2D eigenvalue weighted by Gasteiger charge is 2.41. The van der Waals surface area contributed by atoms with E-state index in [0.717, 1.165) is 17.4 Å². The zero-order valence-electron chi connectivity index (χ0n) is 9.79. The van der Waals surface area contributed by atoms with Crippen LogP contribution in [0.25, 0.3) is 0 Å². The van der Waals surface area contributed by atoms with Gasteiger partial charge in [-0.3, -0.25) is 4.79 Å². The number of alkyl halides is 1. The maximum Gasteiger partial charge on any atom is 0.251 e. The normalized spacial score (nSPS) is 16.6. The highest BCUT2D eigenvalue weighted by Crippen LogP contribution is 2.46. The fraction of sp³-hybridized carbons (Fsp3) is 0.462. The molecule has 0 atom stereocenters. The second kappa shape index (κ2) is 4.69. The van der Waals surface area contributed by atoms with Crippen molar-refractivity contribution in [2.24, 2.45) is 5.41 Å². The summed E-state index contributed by atoms with van der Waals surface area (Å²) < 4.78 is 0. The molecule has 2 N–H and O–H groups in total. The quantitative estimate of drug-likeness (QED) is 0.840. The summed E-state index contributed by atoms with van der Waals surface area (Å²) in [7, 11) is 0. The summed E-state index contributed by atoms with van der Waals surface area (Å²) in [6.07, 6.45) is 2.35. The molecule has 0 bridgehead atoms. The highest BCUT2D eigenvalue weighted by molar-refractivity contribution is 9.09. The van der Waals surface area contributed by atoms with Gasteiger partial charge in [0.2, 0.25) is 0 Å². The molecule has 1 aliphatic carbocycles. The number of hydrogen-bond donors (Lipinski definition) is 2. The second-order valence-corrected chi connectivity index (χ2v) is 5.38.